The molecule has 1 aromatic heterocycles. The van der Waals surface area contributed by atoms with Gasteiger partial charge in [0.25, 0.3) is 0 Å². The van der Waals surface area contributed by atoms with Crippen molar-refractivity contribution in [2.45, 2.75) is 25.3 Å². The molecule has 0 aliphatic heterocycles. The molecule has 1 heterocycles. The lowest BCUT2D eigenvalue weighted by molar-refractivity contribution is 0.111. The number of aromatic nitrogens is 1. The summed E-state index contributed by atoms with van der Waals surface area (Å²) in [5.41, 5.74) is 1.50. The minimum absolute atomic E-state index is 0.256. The number of nitrogens with one attached hydrogen (secondary N) is 2. The summed E-state index contributed by atoms with van der Waals surface area (Å²) < 4.78 is 8.11. The smallest absolute Gasteiger partial charge is 0.168 e. The van der Waals surface area contributed by atoms with Crippen molar-refractivity contribution in [3.63, 3.8) is 0 Å². The summed E-state index contributed by atoms with van der Waals surface area (Å²) in [7, 11) is 1.79. The van der Waals surface area contributed by atoms with Crippen molar-refractivity contribution in [1.82, 2.24) is 9.29 Å². The zero-order valence-electron chi connectivity index (χ0n) is 9.21. The first-order valence-corrected chi connectivity index (χ1v) is 6.24. The number of hydrogen-bond donors (Lipinski definition) is 2. The van der Waals surface area contributed by atoms with E-state index in [1.165, 1.54) is 25.0 Å². The lowest BCUT2D eigenvalue weighted by Crippen LogP contribution is -2.21. The summed E-state index contributed by atoms with van der Waals surface area (Å²) in [5.74, 6) is 0. The number of carbonyl (C=O) groups is 1. The summed E-state index contributed by atoms with van der Waals surface area (Å²) in [6, 6.07) is 0. The summed E-state index contributed by atoms with van der Waals surface area (Å²) in [4.78, 5) is 10.7. The highest BCUT2D eigenvalue weighted by Gasteiger charge is 2.37. The van der Waals surface area contributed by atoms with Crippen LogP contribution in [-0.2, 0) is 7.05 Å². The second-order valence-corrected chi connectivity index (χ2v) is 5.33. The molecular weight excluding hydrogens is 246 g/mol. The number of rotatable bonds is 5. The average Bonchev–Trinajstić information content (AvgIpc) is 2.89. The number of carbonyl (C=O) groups excluding carboxylic acids is 1. The molecule has 0 spiro atoms. The van der Waals surface area contributed by atoms with Crippen LogP contribution in [-0.4, -0.2) is 16.4 Å². The summed E-state index contributed by atoms with van der Waals surface area (Å²) in [5, 5.41) is 0.466. The van der Waals surface area contributed by atoms with Crippen LogP contribution in [0.25, 0.3) is 0 Å². The second-order valence-electron chi connectivity index (χ2n) is 4.34. The van der Waals surface area contributed by atoms with Crippen molar-refractivity contribution in [2.24, 2.45) is 7.05 Å². The van der Waals surface area contributed by atoms with Crippen LogP contribution in [0.5, 0.6) is 0 Å². The van der Waals surface area contributed by atoms with Gasteiger partial charge in [-0.1, -0.05) is 11.6 Å². The van der Waals surface area contributed by atoms with Crippen LogP contribution in [0, 0.1) is 0 Å². The molecular formula is C10H14ClN3OS. The molecule has 16 heavy (non-hydrogen) atoms. The molecule has 2 rings (SSSR count). The van der Waals surface area contributed by atoms with Gasteiger partial charge in [-0.3, -0.25) is 4.79 Å². The van der Waals surface area contributed by atoms with Gasteiger partial charge in [0.05, 0.1) is 10.7 Å². The van der Waals surface area contributed by atoms with Gasteiger partial charge in [-0.15, -0.1) is 0 Å². The Morgan fingerprint density at radius 2 is 2.31 bits per heavy atom. The Kier molecular flexibility index (Phi) is 3.19. The molecule has 2 N–H and O–H groups in total. The number of nitrogens with zero attached hydrogens (tertiary/aromatic N) is 1. The zero-order valence-corrected chi connectivity index (χ0v) is 10.8. The molecule has 0 amide bonds. The van der Waals surface area contributed by atoms with Crippen molar-refractivity contribution in [1.29, 1.82) is 0 Å². The number of anilines is 1. The Morgan fingerprint density at radius 1 is 1.62 bits per heavy atom. The maximum Gasteiger partial charge on any atom is 0.168 e. The minimum atomic E-state index is 0.256. The van der Waals surface area contributed by atoms with E-state index in [0.717, 1.165) is 12.0 Å². The first-order chi connectivity index (χ1) is 7.56. The molecule has 1 saturated carbocycles. The quantitative estimate of drug-likeness (QED) is 0.630. The largest absolute Gasteiger partial charge is 0.345 e. The highest BCUT2D eigenvalue weighted by Crippen LogP contribution is 2.36. The normalized spacial score (nSPS) is 17.2. The molecule has 0 unspecified atom stereocenters. The highest BCUT2D eigenvalue weighted by molar-refractivity contribution is 7.98. The SMILES string of the molecule is Cn1cc(NSNC2(C)CC2)c(Cl)c1C=O. The van der Waals surface area contributed by atoms with Crippen LogP contribution in [0.4, 0.5) is 5.69 Å². The fourth-order valence-corrected chi connectivity index (χ4v) is 2.41. The third-order valence-corrected chi connectivity index (χ3v) is 4.05. The first-order valence-electron chi connectivity index (χ1n) is 5.05. The highest BCUT2D eigenvalue weighted by atomic mass is 35.5. The third kappa shape index (κ3) is 2.36. The lowest BCUT2D eigenvalue weighted by Gasteiger charge is -2.10. The first kappa shape index (κ1) is 11.8. The topological polar surface area (TPSA) is 46.1 Å². The second kappa shape index (κ2) is 4.31. The maximum atomic E-state index is 10.7. The number of aldehydes is 1. The Labute approximate surface area is 104 Å². The molecule has 0 atom stereocenters. The van der Waals surface area contributed by atoms with Gasteiger partial charge in [0.15, 0.2) is 6.29 Å². The Hall–Kier alpha value is -0.650. The van der Waals surface area contributed by atoms with E-state index in [0.29, 0.717) is 10.7 Å². The molecule has 0 bridgehead atoms. The van der Waals surface area contributed by atoms with E-state index in [4.69, 9.17) is 11.6 Å². The van der Waals surface area contributed by atoms with Crippen LogP contribution < -0.4 is 9.44 Å². The Balaban J connectivity index is 1.96. The van der Waals surface area contributed by atoms with E-state index in [-0.39, 0.29) is 5.54 Å². The molecule has 1 aliphatic carbocycles. The Bertz CT molecular complexity index is 414. The zero-order chi connectivity index (χ0) is 11.8. The average molecular weight is 260 g/mol. The molecule has 4 nitrogen and oxygen atoms in total. The molecule has 0 aromatic carbocycles. The van der Waals surface area contributed by atoms with Crippen molar-refractivity contribution in [3.05, 3.63) is 16.9 Å². The number of hydrogen-bond acceptors (Lipinski definition) is 4. The van der Waals surface area contributed by atoms with E-state index >= 15 is 0 Å². The van der Waals surface area contributed by atoms with Gasteiger partial charge in [0.1, 0.15) is 5.69 Å². The minimum Gasteiger partial charge on any atom is -0.345 e. The van der Waals surface area contributed by atoms with Crippen LogP contribution in [0.3, 0.4) is 0 Å². The van der Waals surface area contributed by atoms with Crippen molar-refractivity contribution in [2.75, 3.05) is 4.72 Å². The fourth-order valence-electron chi connectivity index (χ4n) is 1.31. The van der Waals surface area contributed by atoms with Crippen molar-refractivity contribution < 1.29 is 4.79 Å². The Morgan fingerprint density at radius 3 is 2.81 bits per heavy atom. The van der Waals surface area contributed by atoms with Crippen molar-refractivity contribution in [3.8, 4) is 0 Å². The monoisotopic (exact) mass is 259 g/mol. The lowest BCUT2D eigenvalue weighted by atomic mass is 10.4. The van der Waals surface area contributed by atoms with Gasteiger partial charge >= 0.3 is 0 Å². The molecule has 0 saturated heterocycles. The molecule has 1 fully saturated rings. The van der Waals surface area contributed by atoms with Gasteiger partial charge in [0, 0.05) is 30.9 Å². The fraction of sp³-hybridized carbons (Fsp3) is 0.500. The van der Waals surface area contributed by atoms with Crippen LogP contribution in [0.1, 0.15) is 30.3 Å². The van der Waals surface area contributed by atoms with Crippen LogP contribution in [0.15, 0.2) is 6.20 Å². The van der Waals surface area contributed by atoms with Gasteiger partial charge in [-0.05, 0) is 19.8 Å². The molecule has 88 valence electrons. The molecule has 6 heteroatoms. The molecule has 1 aliphatic rings. The third-order valence-electron chi connectivity index (χ3n) is 2.73. The van der Waals surface area contributed by atoms with Gasteiger partial charge in [-0.25, -0.2) is 4.72 Å². The van der Waals surface area contributed by atoms with E-state index in [1.807, 2.05) is 0 Å². The maximum absolute atomic E-state index is 10.7. The number of aryl methyl sites for hydroxylation is 1. The van der Waals surface area contributed by atoms with Crippen LogP contribution >= 0.6 is 23.7 Å². The summed E-state index contributed by atoms with van der Waals surface area (Å²) >= 11 is 7.45. The standard InChI is InChI=1S/C10H14ClN3OS/c1-10(3-4-10)13-16-12-7-5-14(2)8(6-15)9(7)11/h5-6,12-13H,3-4H2,1-2H3. The van der Waals surface area contributed by atoms with E-state index in [2.05, 4.69) is 16.4 Å². The summed E-state index contributed by atoms with van der Waals surface area (Å²) in [6.45, 7) is 2.17. The van der Waals surface area contributed by atoms with Crippen LogP contribution in [0.2, 0.25) is 5.02 Å². The summed E-state index contributed by atoms with van der Waals surface area (Å²) in [6.07, 6.45) is 4.96. The predicted molar refractivity (Wildman–Crippen MR) is 67.8 cm³/mol. The van der Waals surface area contributed by atoms with Gasteiger partial charge in [-0.2, -0.15) is 0 Å². The predicted octanol–water partition coefficient (Wildman–Crippen LogP) is 2.61. The van der Waals surface area contributed by atoms with Gasteiger partial charge < -0.3 is 9.29 Å². The van der Waals surface area contributed by atoms with E-state index in [1.54, 1.807) is 17.8 Å². The van der Waals surface area contributed by atoms with Gasteiger partial charge in [0.2, 0.25) is 0 Å². The molecule has 0 radical (unpaired) electrons. The molecule has 1 aromatic rings. The number of halogens is 1. The van der Waals surface area contributed by atoms with E-state index < -0.39 is 0 Å². The van der Waals surface area contributed by atoms with Crippen molar-refractivity contribution >= 4 is 35.7 Å². The van der Waals surface area contributed by atoms with E-state index in [9.17, 15) is 4.79 Å².